The van der Waals surface area contributed by atoms with Gasteiger partial charge in [-0.25, -0.2) is 24.4 Å². The van der Waals surface area contributed by atoms with Crippen LogP contribution in [0.15, 0.2) is 55.0 Å². The molecule has 1 fully saturated rings. The van der Waals surface area contributed by atoms with Gasteiger partial charge in [-0.2, -0.15) is 5.10 Å². The first kappa shape index (κ1) is 22.6. The van der Waals surface area contributed by atoms with E-state index in [9.17, 15) is 4.79 Å². The summed E-state index contributed by atoms with van der Waals surface area (Å²) < 4.78 is 13.2. The lowest BCUT2D eigenvalue weighted by Crippen LogP contribution is -2.35. The van der Waals surface area contributed by atoms with Crippen LogP contribution >= 0.6 is 0 Å². The van der Waals surface area contributed by atoms with Gasteiger partial charge in [-0.3, -0.25) is 0 Å². The number of anilines is 1. The normalized spacial score (nSPS) is 16.0. The topological polar surface area (TPSA) is 121 Å². The number of ether oxygens (including phenoxy) is 2. The molecule has 2 N–H and O–H groups in total. The Hall–Kier alpha value is -4.21. The molecule has 35 heavy (non-hydrogen) atoms. The van der Waals surface area contributed by atoms with Crippen molar-refractivity contribution in [1.29, 1.82) is 0 Å². The zero-order chi connectivity index (χ0) is 24.6. The summed E-state index contributed by atoms with van der Waals surface area (Å²) in [5.74, 6) is 1.51. The average Bonchev–Trinajstić information content (AvgIpc) is 3.45. The summed E-state index contributed by atoms with van der Waals surface area (Å²) in [6.07, 6.45) is 3.51. The lowest BCUT2D eigenvalue weighted by Gasteiger charge is -2.24. The van der Waals surface area contributed by atoms with E-state index in [-0.39, 0.29) is 12.1 Å². The molecule has 1 aliphatic rings. The fourth-order valence-corrected chi connectivity index (χ4v) is 4.08. The minimum Gasteiger partial charge on any atom is -0.444 e. The van der Waals surface area contributed by atoms with Gasteiger partial charge in [0.1, 0.15) is 29.2 Å². The summed E-state index contributed by atoms with van der Waals surface area (Å²) in [6.45, 7) is 6.61. The fraction of sp³-hybridized carbons (Fsp3) is 0.320. The Morgan fingerprint density at radius 3 is 2.60 bits per heavy atom. The molecule has 0 spiro atoms. The smallest absolute Gasteiger partial charge is 0.410 e. The minimum absolute atomic E-state index is 0.0679. The number of benzene rings is 1. The van der Waals surface area contributed by atoms with Crippen LogP contribution in [0.3, 0.4) is 0 Å². The van der Waals surface area contributed by atoms with Gasteiger partial charge in [0, 0.05) is 30.9 Å². The number of likely N-dealkylation sites (tertiary alicyclic amines) is 1. The lowest BCUT2D eigenvalue weighted by molar-refractivity contribution is 0.0288. The van der Waals surface area contributed by atoms with Crippen LogP contribution < -0.4 is 10.5 Å². The second-order valence-electron chi connectivity index (χ2n) is 9.42. The van der Waals surface area contributed by atoms with Crippen molar-refractivity contribution in [2.45, 2.75) is 38.8 Å². The third-order valence-corrected chi connectivity index (χ3v) is 5.65. The molecular weight excluding hydrogens is 446 g/mol. The van der Waals surface area contributed by atoms with Crippen molar-refractivity contribution in [2.24, 2.45) is 0 Å². The molecule has 10 nitrogen and oxygen atoms in total. The number of fused-ring (bicyclic) bond motifs is 1. The third-order valence-electron chi connectivity index (χ3n) is 5.65. The fourth-order valence-electron chi connectivity index (χ4n) is 4.08. The van der Waals surface area contributed by atoms with Crippen LogP contribution in [0.5, 0.6) is 11.6 Å². The molecule has 5 rings (SSSR count). The Balaban J connectivity index is 1.43. The number of aromatic nitrogens is 5. The average molecular weight is 474 g/mol. The number of pyridine rings is 1. The van der Waals surface area contributed by atoms with Crippen LogP contribution in [0.25, 0.3) is 22.3 Å². The number of amides is 1. The largest absolute Gasteiger partial charge is 0.444 e. The summed E-state index contributed by atoms with van der Waals surface area (Å²) in [4.78, 5) is 27.3. The highest BCUT2D eigenvalue weighted by atomic mass is 16.6. The number of nitrogens with two attached hydrogens (primary N) is 1. The van der Waals surface area contributed by atoms with E-state index in [1.165, 1.54) is 6.33 Å². The molecule has 1 aliphatic heterocycles. The first-order chi connectivity index (χ1) is 16.8. The molecule has 0 unspecified atom stereocenters. The Labute approximate surface area is 202 Å². The highest BCUT2D eigenvalue weighted by Crippen LogP contribution is 2.34. The summed E-state index contributed by atoms with van der Waals surface area (Å²) in [5.41, 5.74) is 7.71. The lowest BCUT2D eigenvalue weighted by atomic mass is 10.1. The number of hydrogen-bond acceptors (Lipinski definition) is 8. The Morgan fingerprint density at radius 1 is 1.09 bits per heavy atom. The number of carbonyl (C=O) groups is 1. The predicted octanol–water partition coefficient (Wildman–Crippen LogP) is 4.44. The molecule has 0 radical (unpaired) electrons. The first-order valence-corrected chi connectivity index (χ1v) is 11.4. The van der Waals surface area contributed by atoms with Crippen LogP contribution in [-0.2, 0) is 4.74 Å². The summed E-state index contributed by atoms with van der Waals surface area (Å²) in [6, 6.07) is 13.1. The van der Waals surface area contributed by atoms with Gasteiger partial charge in [0.25, 0.3) is 0 Å². The Kier molecular flexibility index (Phi) is 5.72. The van der Waals surface area contributed by atoms with E-state index in [1.54, 1.807) is 17.2 Å². The molecule has 180 valence electrons. The van der Waals surface area contributed by atoms with Crippen molar-refractivity contribution in [1.82, 2.24) is 29.6 Å². The van der Waals surface area contributed by atoms with Gasteiger partial charge < -0.3 is 20.1 Å². The maximum absolute atomic E-state index is 12.6. The van der Waals surface area contributed by atoms with Gasteiger partial charge in [-0.05, 0) is 45.4 Å². The number of hydrogen-bond donors (Lipinski definition) is 1. The van der Waals surface area contributed by atoms with Crippen molar-refractivity contribution in [3.8, 4) is 22.9 Å². The molecular formula is C25H27N7O3. The third kappa shape index (κ3) is 4.72. The number of para-hydroxylation sites is 1. The molecule has 1 saturated heterocycles. The van der Waals surface area contributed by atoms with Crippen LogP contribution in [0.2, 0.25) is 0 Å². The monoisotopic (exact) mass is 473 g/mol. The SMILES string of the molecule is CC(C)(C)OC(=O)N1CC[C@H](n2nc(-c3ccc(Oc4ccccc4)nc3)c3c(N)ncnc32)C1. The van der Waals surface area contributed by atoms with E-state index >= 15 is 0 Å². The number of nitrogens with zero attached hydrogens (tertiary/aromatic N) is 6. The molecule has 10 heteroatoms. The number of carbonyl (C=O) groups excluding carboxylic acids is 1. The molecule has 0 aliphatic carbocycles. The molecule has 1 amide bonds. The van der Waals surface area contributed by atoms with Gasteiger partial charge in [-0.15, -0.1) is 0 Å². The Bertz CT molecular complexity index is 1350. The zero-order valence-electron chi connectivity index (χ0n) is 19.9. The first-order valence-electron chi connectivity index (χ1n) is 11.4. The molecule has 3 aromatic heterocycles. The van der Waals surface area contributed by atoms with Gasteiger partial charge in [0.15, 0.2) is 5.65 Å². The molecule has 1 atom stereocenters. The molecule has 1 aromatic carbocycles. The van der Waals surface area contributed by atoms with Crippen LogP contribution in [-0.4, -0.2) is 54.4 Å². The highest BCUT2D eigenvalue weighted by molar-refractivity contribution is 5.98. The molecule has 4 aromatic rings. The zero-order valence-corrected chi connectivity index (χ0v) is 19.9. The highest BCUT2D eigenvalue weighted by Gasteiger charge is 2.33. The van der Waals surface area contributed by atoms with Crippen LogP contribution in [0, 0.1) is 0 Å². The second kappa shape index (κ2) is 8.86. The van der Waals surface area contributed by atoms with Crippen LogP contribution in [0.1, 0.15) is 33.2 Å². The van der Waals surface area contributed by atoms with E-state index < -0.39 is 5.60 Å². The van der Waals surface area contributed by atoms with Gasteiger partial charge in [0.2, 0.25) is 5.88 Å². The van der Waals surface area contributed by atoms with E-state index in [0.29, 0.717) is 47.3 Å². The minimum atomic E-state index is -0.550. The van der Waals surface area contributed by atoms with E-state index in [2.05, 4.69) is 15.0 Å². The molecule has 4 heterocycles. The van der Waals surface area contributed by atoms with Gasteiger partial charge in [0.05, 0.1) is 11.4 Å². The van der Waals surface area contributed by atoms with E-state index in [0.717, 1.165) is 12.0 Å². The summed E-state index contributed by atoms with van der Waals surface area (Å²) in [5, 5.41) is 5.51. The maximum atomic E-state index is 12.6. The number of rotatable bonds is 4. The van der Waals surface area contributed by atoms with E-state index in [4.69, 9.17) is 20.3 Å². The summed E-state index contributed by atoms with van der Waals surface area (Å²) >= 11 is 0. The van der Waals surface area contributed by atoms with Crippen molar-refractivity contribution < 1.29 is 14.3 Å². The van der Waals surface area contributed by atoms with Crippen molar-refractivity contribution >= 4 is 22.9 Å². The van der Waals surface area contributed by atoms with Gasteiger partial charge in [-0.1, -0.05) is 18.2 Å². The van der Waals surface area contributed by atoms with Gasteiger partial charge >= 0.3 is 6.09 Å². The number of nitrogen functional groups attached to an aromatic ring is 1. The molecule has 0 bridgehead atoms. The quantitative estimate of drug-likeness (QED) is 0.462. The maximum Gasteiger partial charge on any atom is 0.410 e. The van der Waals surface area contributed by atoms with E-state index in [1.807, 2.05) is 61.9 Å². The van der Waals surface area contributed by atoms with Crippen molar-refractivity contribution in [2.75, 3.05) is 18.8 Å². The summed E-state index contributed by atoms with van der Waals surface area (Å²) in [7, 11) is 0. The standard InChI is InChI=1S/C25H27N7O3/c1-25(2,3)35-24(33)31-12-11-17(14-31)32-23-20(22(26)28-15-29-23)21(30-32)16-9-10-19(27-13-16)34-18-7-5-4-6-8-18/h4-10,13,15,17H,11-12,14H2,1-3H3,(H2,26,28,29)/t17-/m0/s1. The van der Waals surface area contributed by atoms with Crippen molar-refractivity contribution in [3.63, 3.8) is 0 Å². The van der Waals surface area contributed by atoms with Crippen LogP contribution in [0.4, 0.5) is 10.6 Å². The predicted molar refractivity (Wildman–Crippen MR) is 131 cm³/mol. The molecule has 0 saturated carbocycles. The Morgan fingerprint density at radius 2 is 1.89 bits per heavy atom. The van der Waals surface area contributed by atoms with Crippen molar-refractivity contribution in [3.05, 3.63) is 55.0 Å². The second-order valence-corrected chi connectivity index (χ2v) is 9.42.